The lowest BCUT2D eigenvalue weighted by Gasteiger charge is -2.03. The fourth-order valence-electron chi connectivity index (χ4n) is 2.22. The van der Waals surface area contributed by atoms with Gasteiger partial charge in [-0.15, -0.1) is 0 Å². The lowest BCUT2D eigenvalue weighted by atomic mass is 10.1. The molecule has 23 heavy (non-hydrogen) atoms. The quantitative estimate of drug-likeness (QED) is 0.406. The minimum Gasteiger partial charge on any atom is -0.516 e. The molecule has 0 spiro atoms. The van der Waals surface area contributed by atoms with Crippen molar-refractivity contribution in [3.8, 4) is 5.75 Å². The molecule has 1 aromatic heterocycles. The van der Waals surface area contributed by atoms with Gasteiger partial charge in [-0.05, 0) is 35.9 Å². The fraction of sp³-hybridized carbons (Fsp3) is 0.105. The van der Waals surface area contributed by atoms with E-state index >= 15 is 0 Å². The third-order valence-corrected chi connectivity index (χ3v) is 3.19. The molecule has 0 bridgehead atoms. The van der Waals surface area contributed by atoms with Crippen molar-refractivity contribution in [2.75, 3.05) is 0 Å². The number of aromatic hydroxyl groups is 1. The van der Waals surface area contributed by atoms with Crippen molar-refractivity contribution in [2.24, 2.45) is 0 Å². The summed E-state index contributed by atoms with van der Waals surface area (Å²) in [4.78, 5) is 12.5. The molecular formula is C19H18O4. The Bertz CT molecular complexity index is 933. The Morgan fingerprint density at radius 1 is 1.04 bits per heavy atom. The van der Waals surface area contributed by atoms with Crippen LogP contribution < -0.4 is 5.43 Å². The van der Waals surface area contributed by atoms with Crippen LogP contribution in [-0.4, -0.2) is 10.2 Å². The molecule has 0 aliphatic carbocycles. The summed E-state index contributed by atoms with van der Waals surface area (Å²) >= 11 is 0. The molecule has 118 valence electrons. The molecule has 0 saturated carbocycles. The van der Waals surface area contributed by atoms with E-state index in [-0.39, 0.29) is 16.6 Å². The van der Waals surface area contributed by atoms with Crippen LogP contribution in [0.4, 0.5) is 0 Å². The summed E-state index contributed by atoms with van der Waals surface area (Å²) in [6.45, 7) is 4.00. The zero-order valence-electron chi connectivity index (χ0n) is 13.0. The average Bonchev–Trinajstić information content (AvgIpc) is 2.57. The van der Waals surface area contributed by atoms with E-state index in [2.05, 4.69) is 0 Å². The van der Waals surface area contributed by atoms with Crippen LogP contribution in [0, 0.1) is 0 Å². The average molecular weight is 310 g/mol. The maximum absolute atomic E-state index is 12.5. The Morgan fingerprint density at radius 3 is 2.57 bits per heavy atom. The van der Waals surface area contributed by atoms with Gasteiger partial charge in [-0.25, -0.2) is 0 Å². The summed E-state index contributed by atoms with van der Waals surface area (Å²) in [5, 5.41) is 19.0. The highest BCUT2D eigenvalue weighted by molar-refractivity contribution is 5.93. The number of hydrogen-bond acceptors (Lipinski definition) is 4. The number of phenols is 1. The van der Waals surface area contributed by atoms with Crippen LogP contribution in [0.5, 0.6) is 5.75 Å². The van der Waals surface area contributed by atoms with Crippen LogP contribution in [0.2, 0.25) is 0 Å². The number of fused-ring (bicyclic) bond motifs is 2. The number of aliphatic hydroxyl groups excluding tert-OH is 1. The highest BCUT2D eigenvalue weighted by atomic mass is 16.3. The first-order valence-corrected chi connectivity index (χ1v) is 7.36. The van der Waals surface area contributed by atoms with Crippen molar-refractivity contribution in [3.63, 3.8) is 0 Å². The normalized spacial score (nSPS) is 11.2. The van der Waals surface area contributed by atoms with Gasteiger partial charge in [0.25, 0.3) is 0 Å². The first kappa shape index (κ1) is 16.4. The molecule has 0 fully saturated rings. The zero-order valence-corrected chi connectivity index (χ0v) is 13.0. The highest BCUT2D eigenvalue weighted by Gasteiger charge is 2.10. The maximum atomic E-state index is 12.5. The smallest absolute Gasteiger partial charge is 0.204 e. The van der Waals surface area contributed by atoms with Gasteiger partial charge in [0, 0.05) is 0 Å². The predicted molar refractivity (Wildman–Crippen MR) is 93.8 cm³/mol. The van der Waals surface area contributed by atoms with Gasteiger partial charge < -0.3 is 14.6 Å². The topological polar surface area (TPSA) is 70.7 Å². The lowest BCUT2D eigenvalue weighted by molar-refractivity contribution is 0.473. The van der Waals surface area contributed by atoms with E-state index in [1.165, 1.54) is 12.1 Å². The Hall–Kier alpha value is -3.01. The molecule has 3 aromatic rings. The largest absolute Gasteiger partial charge is 0.516 e. The van der Waals surface area contributed by atoms with Crippen LogP contribution in [0.3, 0.4) is 0 Å². The Labute approximate surface area is 133 Å². The van der Waals surface area contributed by atoms with Crippen molar-refractivity contribution in [1.82, 2.24) is 0 Å². The van der Waals surface area contributed by atoms with Crippen molar-refractivity contribution >= 4 is 28.0 Å². The summed E-state index contributed by atoms with van der Waals surface area (Å²) in [7, 11) is 0. The Morgan fingerprint density at radius 2 is 1.83 bits per heavy atom. The lowest BCUT2D eigenvalue weighted by Crippen LogP contribution is -2.02. The van der Waals surface area contributed by atoms with Gasteiger partial charge in [0.05, 0.1) is 11.6 Å². The summed E-state index contributed by atoms with van der Waals surface area (Å²) in [5.41, 5.74) is 1.35. The molecule has 1 heterocycles. The summed E-state index contributed by atoms with van der Waals surface area (Å²) < 4.78 is 5.65. The van der Waals surface area contributed by atoms with E-state index in [4.69, 9.17) is 9.52 Å². The molecule has 0 unspecified atom stereocenters. The molecule has 3 rings (SSSR count). The van der Waals surface area contributed by atoms with Crippen LogP contribution in [0.1, 0.15) is 19.4 Å². The molecule has 0 saturated heterocycles. The molecule has 2 N–H and O–H groups in total. The molecule has 4 heteroatoms. The summed E-state index contributed by atoms with van der Waals surface area (Å²) in [6, 6.07) is 9.94. The third-order valence-electron chi connectivity index (χ3n) is 3.19. The predicted octanol–water partition coefficient (Wildman–Crippen LogP) is 4.76. The van der Waals surface area contributed by atoms with Crippen molar-refractivity contribution < 1.29 is 14.6 Å². The van der Waals surface area contributed by atoms with E-state index in [1.807, 2.05) is 19.9 Å². The van der Waals surface area contributed by atoms with Gasteiger partial charge in [-0.3, -0.25) is 4.79 Å². The number of benzene rings is 2. The van der Waals surface area contributed by atoms with Gasteiger partial charge in [0.1, 0.15) is 22.3 Å². The van der Waals surface area contributed by atoms with Crippen molar-refractivity contribution in [2.45, 2.75) is 13.8 Å². The number of phenolic OH excluding ortho intramolecular Hbond substituents is 1. The fourth-order valence-corrected chi connectivity index (χ4v) is 2.22. The van der Waals surface area contributed by atoms with E-state index in [0.29, 0.717) is 16.6 Å². The van der Waals surface area contributed by atoms with E-state index in [9.17, 15) is 9.90 Å². The van der Waals surface area contributed by atoms with E-state index < -0.39 is 0 Å². The van der Waals surface area contributed by atoms with Crippen LogP contribution in [0.25, 0.3) is 28.0 Å². The second-order valence-electron chi connectivity index (χ2n) is 4.54. The molecule has 2 aromatic carbocycles. The monoisotopic (exact) mass is 310 g/mol. The summed E-state index contributed by atoms with van der Waals surface area (Å²) in [6.07, 6.45) is 5.80. The minimum atomic E-state index is -0.266. The van der Waals surface area contributed by atoms with Crippen LogP contribution >= 0.6 is 0 Å². The van der Waals surface area contributed by atoms with Gasteiger partial charge in [-0.1, -0.05) is 38.1 Å². The molecule has 0 aliphatic heterocycles. The molecular weight excluding hydrogens is 292 g/mol. The molecule has 0 aliphatic rings. The number of allylic oxidation sites excluding steroid dienone is 2. The SMILES string of the molecule is CC.O=c1c2cc(/C=C\C=C\O)ccc2oc2cccc(O)c12. The Balaban J connectivity index is 0.000000924. The summed E-state index contributed by atoms with van der Waals surface area (Å²) in [5.74, 6) is -0.0905. The minimum absolute atomic E-state index is 0.0905. The van der Waals surface area contributed by atoms with Gasteiger partial charge >= 0.3 is 0 Å². The zero-order chi connectivity index (χ0) is 16.8. The first-order chi connectivity index (χ1) is 11.2. The van der Waals surface area contributed by atoms with E-state index in [1.54, 1.807) is 36.4 Å². The second-order valence-corrected chi connectivity index (χ2v) is 4.54. The molecule has 0 amide bonds. The van der Waals surface area contributed by atoms with E-state index in [0.717, 1.165) is 11.8 Å². The highest BCUT2D eigenvalue weighted by Crippen LogP contribution is 2.25. The standard InChI is InChI=1S/C17H12O4.C2H6/c18-9-2-1-4-11-7-8-14-12(10-11)17(20)16-13(19)5-3-6-15(16)21-14;1-2/h1-10,18-19H;1-2H3/b4-1-,9-2+;. The van der Waals surface area contributed by atoms with Gasteiger partial charge in [0.15, 0.2) is 0 Å². The third kappa shape index (κ3) is 3.26. The maximum Gasteiger partial charge on any atom is 0.204 e. The molecule has 0 atom stereocenters. The Kier molecular flexibility index (Phi) is 5.20. The number of rotatable bonds is 2. The second kappa shape index (κ2) is 7.31. The van der Waals surface area contributed by atoms with Crippen molar-refractivity contribution in [1.29, 1.82) is 0 Å². The number of aliphatic hydroxyl groups is 1. The first-order valence-electron chi connectivity index (χ1n) is 7.36. The molecule has 4 nitrogen and oxygen atoms in total. The molecule has 0 radical (unpaired) electrons. The van der Waals surface area contributed by atoms with Crippen LogP contribution in [0.15, 0.2) is 64.0 Å². The number of hydrogen-bond donors (Lipinski definition) is 2. The van der Waals surface area contributed by atoms with Crippen molar-refractivity contribution in [3.05, 3.63) is 70.6 Å². The van der Waals surface area contributed by atoms with Gasteiger partial charge in [-0.2, -0.15) is 0 Å². The van der Waals surface area contributed by atoms with Gasteiger partial charge in [0.2, 0.25) is 5.43 Å². The van der Waals surface area contributed by atoms with Crippen LogP contribution in [-0.2, 0) is 0 Å².